The summed E-state index contributed by atoms with van der Waals surface area (Å²) in [6.07, 6.45) is 24.9. The molecule has 0 saturated heterocycles. The molecule has 0 bridgehead atoms. The normalized spacial score (nSPS) is 15.4. The van der Waals surface area contributed by atoms with Gasteiger partial charge in [-0.1, -0.05) is 110 Å². The topological polar surface area (TPSA) is 26.3 Å². The lowest BCUT2D eigenvalue weighted by Crippen LogP contribution is -2.20. The minimum Gasteiger partial charge on any atom is -0.465 e. The van der Waals surface area contributed by atoms with Gasteiger partial charge in [-0.15, -0.1) is 0 Å². The molecular formula is C23H44O2. The second-order valence-electron chi connectivity index (χ2n) is 8.10. The van der Waals surface area contributed by atoms with E-state index in [1.807, 2.05) is 0 Å². The third-order valence-corrected chi connectivity index (χ3v) is 5.68. The summed E-state index contributed by atoms with van der Waals surface area (Å²) in [6.45, 7) is 2.93. The molecule has 0 N–H and O–H groups in total. The van der Waals surface area contributed by atoms with Gasteiger partial charge in [-0.3, -0.25) is 4.79 Å². The van der Waals surface area contributed by atoms with Crippen molar-refractivity contribution in [2.75, 3.05) is 6.61 Å². The number of carbonyl (C=O) groups excluding carboxylic acids is 1. The van der Waals surface area contributed by atoms with Crippen LogP contribution in [0, 0.1) is 5.92 Å². The highest BCUT2D eigenvalue weighted by molar-refractivity contribution is 5.72. The van der Waals surface area contributed by atoms with E-state index in [4.69, 9.17) is 4.74 Å². The van der Waals surface area contributed by atoms with Crippen molar-refractivity contribution in [1.82, 2.24) is 0 Å². The molecule has 25 heavy (non-hydrogen) atoms. The van der Waals surface area contributed by atoms with Crippen molar-refractivity contribution in [1.29, 1.82) is 0 Å². The van der Waals surface area contributed by atoms with Gasteiger partial charge in [0.15, 0.2) is 0 Å². The van der Waals surface area contributed by atoms with Crippen molar-refractivity contribution in [3.63, 3.8) is 0 Å². The van der Waals surface area contributed by atoms with E-state index in [1.54, 1.807) is 0 Å². The molecule has 0 atom stereocenters. The quantitative estimate of drug-likeness (QED) is 0.211. The fourth-order valence-electron chi connectivity index (χ4n) is 3.93. The first-order chi connectivity index (χ1) is 12.3. The minimum absolute atomic E-state index is 0.0781. The van der Waals surface area contributed by atoms with Crippen LogP contribution in [0.3, 0.4) is 0 Å². The lowest BCUT2D eigenvalue weighted by molar-refractivity contribution is -0.149. The number of ether oxygens (including phenoxy) is 1. The van der Waals surface area contributed by atoms with Gasteiger partial charge >= 0.3 is 5.97 Å². The van der Waals surface area contributed by atoms with Gasteiger partial charge in [0.25, 0.3) is 0 Å². The van der Waals surface area contributed by atoms with Crippen LogP contribution in [0.1, 0.15) is 129 Å². The van der Waals surface area contributed by atoms with E-state index >= 15 is 0 Å². The second kappa shape index (κ2) is 16.9. The molecule has 0 unspecified atom stereocenters. The molecule has 0 radical (unpaired) electrons. The first kappa shape index (κ1) is 22.5. The van der Waals surface area contributed by atoms with Gasteiger partial charge in [0, 0.05) is 0 Å². The molecule has 0 aromatic rings. The molecular weight excluding hydrogens is 308 g/mol. The molecule has 1 aliphatic rings. The largest absolute Gasteiger partial charge is 0.465 e. The zero-order valence-electron chi connectivity index (χ0n) is 17.0. The Hall–Kier alpha value is -0.530. The van der Waals surface area contributed by atoms with Gasteiger partial charge in [0.05, 0.1) is 12.5 Å². The van der Waals surface area contributed by atoms with E-state index in [0.29, 0.717) is 6.61 Å². The summed E-state index contributed by atoms with van der Waals surface area (Å²) in [5.41, 5.74) is 0. The summed E-state index contributed by atoms with van der Waals surface area (Å²) in [5, 5.41) is 0. The first-order valence-electron chi connectivity index (χ1n) is 11.5. The van der Waals surface area contributed by atoms with Gasteiger partial charge in [-0.25, -0.2) is 0 Å². The molecule has 1 fully saturated rings. The van der Waals surface area contributed by atoms with Crippen LogP contribution < -0.4 is 0 Å². The van der Waals surface area contributed by atoms with Crippen LogP contribution in [0.5, 0.6) is 0 Å². The van der Waals surface area contributed by atoms with Crippen LogP contribution in [0.15, 0.2) is 0 Å². The minimum atomic E-state index is 0.0781. The Bertz CT molecular complexity index is 294. The summed E-state index contributed by atoms with van der Waals surface area (Å²) >= 11 is 0. The highest BCUT2D eigenvalue weighted by Crippen LogP contribution is 2.24. The van der Waals surface area contributed by atoms with Gasteiger partial charge in [-0.05, 0) is 19.3 Å². The van der Waals surface area contributed by atoms with Crippen molar-refractivity contribution in [3.05, 3.63) is 0 Å². The average Bonchev–Trinajstić information content (AvgIpc) is 2.65. The fourth-order valence-corrected chi connectivity index (χ4v) is 3.93. The second-order valence-corrected chi connectivity index (χ2v) is 8.10. The molecule has 1 saturated carbocycles. The SMILES string of the molecule is CCCCCCCCCCCCCCCCOC(=O)C1CCCCC1. The molecule has 0 heterocycles. The molecule has 1 rings (SSSR count). The standard InChI is InChI=1S/C23H44O2/c1-2-3-4-5-6-7-8-9-10-11-12-13-14-18-21-25-23(24)22-19-16-15-17-20-22/h22H,2-21H2,1H3. The van der Waals surface area contributed by atoms with Crippen LogP contribution in [-0.2, 0) is 9.53 Å². The molecule has 2 nitrogen and oxygen atoms in total. The smallest absolute Gasteiger partial charge is 0.308 e. The van der Waals surface area contributed by atoms with E-state index in [9.17, 15) is 4.79 Å². The molecule has 0 aromatic carbocycles. The predicted octanol–water partition coefficient (Wildman–Crippen LogP) is 7.59. The summed E-state index contributed by atoms with van der Waals surface area (Å²) in [4.78, 5) is 11.9. The van der Waals surface area contributed by atoms with Gasteiger partial charge in [0.2, 0.25) is 0 Å². The Morgan fingerprint density at radius 2 is 1.12 bits per heavy atom. The van der Waals surface area contributed by atoms with Crippen LogP contribution in [0.25, 0.3) is 0 Å². The number of rotatable bonds is 16. The Balaban J connectivity index is 1.73. The van der Waals surface area contributed by atoms with Gasteiger partial charge in [-0.2, -0.15) is 0 Å². The number of esters is 1. The number of unbranched alkanes of at least 4 members (excludes halogenated alkanes) is 13. The van der Waals surface area contributed by atoms with Gasteiger partial charge in [0.1, 0.15) is 0 Å². The van der Waals surface area contributed by atoms with E-state index in [2.05, 4.69) is 6.92 Å². The maximum absolute atomic E-state index is 11.9. The van der Waals surface area contributed by atoms with Crippen molar-refractivity contribution in [2.45, 2.75) is 129 Å². The molecule has 1 aliphatic carbocycles. The average molecular weight is 353 g/mol. The Kier molecular flexibility index (Phi) is 15.2. The summed E-state index contributed by atoms with van der Waals surface area (Å²) < 4.78 is 5.45. The third-order valence-electron chi connectivity index (χ3n) is 5.68. The first-order valence-corrected chi connectivity index (χ1v) is 11.5. The van der Waals surface area contributed by atoms with Crippen LogP contribution in [0.2, 0.25) is 0 Å². The Morgan fingerprint density at radius 1 is 0.680 bits per heavy atom. The molecule has 0 aromatic heterocycles. The highest BCUT2D eigenvalue weighted by atomic mass is 16.5. The number of hydrogen-bond donors (Lipinski definition) is 0. The molecule has 148 valence electrons. The van der Waals surface area contributed by atoms with E-state index < -0.39 is 0 Å². The van der Waals surface area contributed by atoms with Crippen LogP contribution in [0.4, 0.5) is 0 Å². The van der Waals surface area contributed by atoms with E-state index in [0.717, 1.165) is 19.3 Å². The highest BCUT2D eigenvalue weighted by Gasteiger charge is 2.21. The summed E-state index contributed by atoms with van der Waals surface area (Å²) in [5.74, 6) is 0.287. The van der Waals surface area contributed by atoms with Crippen LogP contribution in [-0.4, -0.2) is 12.6 Å². The van der Waals surface area contributed by atoms with Crippen molar-refractivity contribution < 1.29 is 9.53 Å². The number of hydrogen-bond acceptors (Lipinski definition) is 2. The Morgan fingerprint density at radius 3 is 1.60 bits per heavy atom. The lowest BCUT2D eigenvalue weighted by atomic mass is 9.89. The van der Waals surface area contributed by atoms with E-state index in [-0.39, 0.29) is 11.9 Å². The maximum atomic E-state index is 11.9. The zero-order chi connectivity index (χ0) is 18.0. The summed E-state index contributed by atoms with van der Waals surface area (Å²) in [6, 6.07) is 0. The Labute approximate surface area is 157 Å². The lowest BCUT2D eigenvalue weighted by Gasteiger charge is -2.19. The fraction of sp³-hybridized carbons (Fsp3) is 0.957. The third kappa shape index (κ3) is 13.3. The maximum Gasteiger partial charge on any atom is 0.308 e. The molecule has 0 amide bonds. The van der Waals surface area contributed by atoms with Crippen molar-refractivity contribution >= 4 is 5.97 Å². The van der Waals surface area contributed by atoms with Crippen LogP contribution >= 0.6 is 0 Å². The number of carbonyl (C=O) groups is 1. The van der Waals surface area contributed by atoms with Crippen molar-refractivity contribution in [2.24, 2.45) is 5.92 Å². The zero-order valence-corrected chi connectivity index (χ0v) is 17.0. The molecule has 0 aliphatic heterocycles. The van der Waals surface area contributed by atoms with Gasteiger partial charge < -0.3 is 4.74 Å². The molecule has 2 heteroatoms. The summed E-state index contributed by atoms with van der Waals surface area (Å²) in [7, 11) is 0. The predicted molar refractivity (Wildman–Crippen MR) is 108 cm³/mol. The van der Waals surface area contributed by atoms with Crippen molar-refractivity contribution in [3.8, 4) is 0 Å². The molecule has 0 spiro atoms. The van der Waals surface area contributed by atoms with E-state index in [1.165, 1.54) is 103 Å². The monoisotopic (exact) mass is 352 g/mol.